The maximum atomic E-state index is 10.7. The van der Waals surface area contributed by atoms with Gasteiger partial charge in [0.1, 0.15) is 6.29 Å². The third-order valence-corrected chi connectivity index (χ3v) is 7.05. The third kappa shape index (κ3) is 9.86. The highest BCUT2D eigenvalue weighted by Crippen LogP contribution is 2.46. The maximum Gasteiger partial charge on any atom is 0.246 e. The van der Waals surface area contributed by atoms with Crippen molar-refractivity contribution in [2.45, 2.75) is 77.2 Å². The smallest absolute Gasteiger partial charge is 0.246 e. The van der Waals surface area contributed by atoms with Gasteiger partial charge in [-0.3, -0.25) is 9.69 Å². The first-order valence-corrected chi connectivity index (χ1v) is 14.0. The average molecular weight is 537 g/mol. The van der Waals surface area contributed by atoms with Crippen molar-refractivity contribution in [1.82, 2.24) is 10.2 Å². The summed E-state index contributed by atoms with van der Waals surface area (Å²) in [6, 6.07) is 4.90. The van der Waals surface area contributed by atoms with Gasteiger partial charge in [-0.25, -0.2) is 0 Å². The standard InChI is InChI=1S/C18H30N2.C11H12O4.C4H6/c1-4-15(3)12-16(5-2)13-19-14-18-10-7-11-20(18)17-8-6-9-17;1-11(2)14-9-5-7(6-12)4-8(13-3)10(9)15-11;1-3-4-2/h5,12,17-19H,2-4,6-11,13-14H2,1H3;4-6H,1-3H3;3-4H,1-2H2/b16-12+;;/t18-;;/m0../s1. The fourth-order valence-electron chi connectivity index (χ4n) is 4.73. The number of hydrogen-bond acceptors (Lipinski definition) is 6. The first-order valence-electron chi connectivity index (χ1n) is 14.0. The second-order valence-corrected chi connectivity index (χ2v) is 10.4. The lowest BCUT2D eigenvalue weighted by Crippen LogP contribution is -2.47. The predicted octanol–water partition coefficient (Wildman–Crippen LogP) is 7.04. The highest BCUT2D eigenvalue weighted by atomic mass is 16.7. The Morgan fingerprint density at radius 1 is 1.15 bits per heavy atom. The number of rotatable bonds is 11. The van der Waals surface area contributed by atoms with E-state index in [1.54, 1.807) is 38.1 Å². The molecule has 1 saturated heterocycles. The molecule has 3 aliphatic rings. The van der Waals surface area contributed by atoms with Crippen molar-refractivity contribution in [3.8, 4) is 17.2 Å². The zero-order chi connectivity index (χ0) is 28.8. The van der Waals surface area contributed by atoms with Crippen LogP contribution in [-0.2, 0) is 0 Å². The Hall–Kier alpha value is -3.09. The van der Waals surface area contributed by atoms with Crippen LogP contribution in [0, 0.1) is 0 Å². The van der Waals surface area contributed by atoms with Gasteiger partial charge in [-0.15, -0.1) is 0 Å². The van der Waals surface area contributed by atoms with Gasteiger partial charge in [-0.05, 0) is 56.4 Å². The Morgan fingerprint density at radius 3 is 2.41 bits per heavy atom. The summed E-state index contributed by atoms with van der Waals surface area (Å²) in [4.78, 5) is 13.4. The van der Waals surface area contributed by atoms with Crippen molar-refractivity contribution in [2.75, 3.05) is 26.7 Å². The van der Waals surface area contributed by atoms with Crippen LogP contribution in [0.15, 0.2) is 73.9 Å². The molecule has 4 rings (SSSR count). The lowest BCUT2D eigenvalue weighted by Gasteiger charge is -2.38. The monoisotopic (exact) mass is 536 g/mol. The molecular formula is C33H48N2O4. The molecular weight excluding hydrogens is 488 g/mol. The molecule has 1 N–H and O–H groups in total. The molecule has 0 amide bonds. The van der Waals surface area contributed by atoms with Gasteiger partial charge >= 0.3 is 0 Å². The van der Waals surface area contributed by atoms with E-state index in [9.17, 15) is 4.79 Å². The number of carbonyl (C=O) groups is 1. The number of ether oxygens (including phenoxy) is 3. The Labute approximate surface area is 236 Å². The van der Waals surface area contributed by atoms with Crippen molar-refractivity contribution in [2.24, 2.45) is 0 Å². The van der Waals surface area contributed by atoms with Crippen LogP contribution < -0.4 is 19.5 Å². The maximum absolute atomic E-state index is 10.7. The number of allylic oxidation sites excluding steroid dienone is 4. The van der Waals surface area contributed by atoms with Crippen molar-refractivity contribution < 1.29 is 19.0 Å². The molecule has 1 saturated carbocycles. The van der Waals surface area contributed by atoms with Crippen molar-refractivity contribution in [1.29, 1.82) is 0 Å². The van der Waals surface area contributed by atoms with Gasteiger partial charge in [-0.2, -0.15) is 0 Å². The Bertz CT molecular complexity index is 1020. The van der Waals surface area contributed by atoms with Crippen molar-refractivity contribution in [3.63, 3.8) is 0 Å². The Kier molecular flexibility index (Phi) is 13.3. The summed E-state index contributed by atoms with van der Waals surface area (Å²) in [6.07, 6.45) is 16.2. The van der Waals surface area contributed by atoms with Gasteiger partial charge in [0.15, 0.2) is 11.5 Å². The highest BCUT2D eigenvalue weighted by molar-refractivity contribution is 5.78. The van der Waals surface area contributed by atoms with Gasteiger partial charge in [0.2, 0.25) is 11.5 Å². The minimum absolute atomic E-state index is 0.506. The molecule has 2 aliphatic heterocycles. The number of nitrogens with one attached hydrogen (secondary N) is 1. The zero-order valence-corrected chi connectivity index (χ0v) is 24.5. The first kappa shape index (κ1) is 32.1. The van der Waals surface area contributed by atoms with Crippen LogP contribution in [-0.4, -0.2) is 55.8 Å². The summed E-state index contributed by atoms with van der Waals surface area (Å²) in [5.74, 6) is 0.895. The molecule has 39 heavy (non-hydrogen) atoms. The molecule has 0 aromatic heterocycles. The fourth-order valence-corrected chi connectivity index (χ4v) is 4.73. The molecule has 6 heteroatoms. The molecule has 2 heterocycles. The van der Waals surface area contributed by atoms with Crippen LogP contribution in [0.4, 0.5) is 0 Å². The van der Waals surface area contributed by atoms with Gasteiger partial charge in [0.25, 0.3) is 0 Å². The van der Waals surface area contributed by atoms with E-state index in [0.29, 0.717) is 22.8 Å². The fraction of sp³-hybridized carbons (Fsp3) is 0.485. The van der Waals surface area contributed by atoms with E-state index < -0.39 is 5.79 Å². The predicted molar refractivity (Wildman–Crippen MR) is 162 cm³/mol. The number of nitrogens with zero attached hydrogens (tertiary/aromatic N) is 1. The average Bonchev–Trinajstić information content (AvgIpc) is 3.48. The number of benzene rings is 1. The van der Waals surface area contributed by atoms with E-state index in [1.807, 2.05) is 6.08 Å². The lowest BCUT2D eigenvalue weighted by atomic mass is 9.91. The van der Waals surface area contributed by atoms with Gasteiger partial charge in [0.05, 0.1) is 7.11 Å². The van der Waals surface area contributed by atoms with Gasteiger partial charge in [0, 0.05) is 44.6 Å². The van der Waals surface area contributed by atoms with Gasteiger partial charge < -0.3 is 19.5 Å². The first-order chi connectivity index (χ1) is 18.7. The molecule has 1 atom stereocenters. The third-order valence-electron chi connectivity index (χ3n) is 7.05. The van der Waals surface area contributed by atoms with Crippen LogP contribution >= 0.6 is 0 Å². The lowest BCUT2D eigenvalue weighted by molar-refractivity contribution is -0.0439. The van der Waals surface area contributed by atoms with Crippen LogP contribution in [0.5, 0.6) is 17.2 Å². The van der Waals surface area contributed by atoms with Crippen LogP contribution in [0.25, 0.3) is 0 Å². The van der Waals surface area contributed by atoms with Crippen molar-refractivity contribution >= 4 is 6.29 Å². The van der Waals surface area contributed by atoms with E-state index in [2.05, 4.69) is 49.5 Å². The summed E-state index contributed by atoms with van der Waals surface area (Å²) in [7, 11) is 1.53. The second kappa shape index (κ2) is 16.1. The normalized spacial score (nSPS) is 19.4. The highest BCUT2D eigenvalue weighted by Gasteiger charge is 2.35. The molecule has 1 aromatic carbocycles. The summed E-state index contributed by atoms with van der Waals surface area (Å²) in [5.41, 5.74) is 2.94. The van der Waals surface area contributed by atoms with E-state index in [4.69, 9.17) is 14.2 Å². The van der Waals surface area contributed by atoms with Crippen LogP contribution in [0.2, 0.25) is 0 Å². The molecule has 6 nitrogen and oxygen atoms in total. The molecule has 1 aliphatic carbocycles. The van der Waals surface area contributed by atoms with E-state index in [1.165, 1.54) is 56.9 Å². The largest absolute Gasteiger partial charge is 0.493 e. The zero-order valence-electron chi connectivity index (χ0n) is 24.5. The Balaban J connectivity index is 0.000000248. The number of hydrogen-bond donors (Lipinski definition) is 1. The van der Waals surface area contributed by atoms with E-state index in [0.717, 1.165) is 37.9 Å². The Morgan fingerprint density at radius 2 is 1.87 bits per heavy atom. The summed E-state index contributed by atoms with van der Waals surface area (Å²) in [5, 5.41) is 3.62. The molecule has 0 bridgehead atoms. The molecule has 0 spiro atoms. The summed E-state index contributed by atoms with van der Waals surface area (Å²) < 4.78 is 16.2. The minimum Gasteiger partial charge on any atom is -0.493 e. The van der Waals surface area contributed by atoms with E-state index in [-0.39, 0.29) is 0 Å². The summed E-state index contributed by atoms with van der Waals surface area (Å²) in [6.45, 7) is 23.7. The number of fused-ring (bicyclic) bond motifs is 1. The van der Waals surface area contributed by atoms with Crippen molar-refractivity contribution in [3.05, 3.63) is 79.5 Å². The molecule has 0 unspecified atom stereocenters. The van der Waals surface area contributed by atoms with Crippen LogP contribution in [0.3, 0.4) is 0 Å². The second-order valence-electron chi connectivity index (χ2n) is 10.4. The minimum atomic E-state index is -0.711. The SMILES string of the molecule is C=C/C(=C\C(=C)CC)CNC[C@@H]1CCCN1C1CCC1.C=CC=C.COc1cc(C=O)cc2c1OC(C)(C)O2. The molecule has 2 fully saturated rings. The van der Waals surface area contributed by atoms with E-state index >= 15 is 0 Å². The quantitative estimate of drug-likeness (QED) is 0.242. The van der Waals surface area contributed by atoms with Crippen LogP contribution in [0.1, 0.15) is 69.7 Å². The number of methoxy groups -OCH3 is 1. The molecule has 1 aromatic rings. The summed E-state index contributed by atoms with van der Waals surface area (Å²) >= 11 is 0. The molecule has 0 radical (unpaired) electrons. The number of aldehydes is 1. The topological polar surface area (TPSA) is 60.0 Å². The number of carbonyl (C=O) groups excluding carboxylic acids is 1. The van der Waals surface area contributed by atoms with Gasteiger partial charge in [-0.1, -0.05) is 69.5 Å². The molecule has 214 valence electrons. The number of likely N-dealkylation sites (tertiary alicyclic amines) is 1.